The van der Waals surface area contributed by atoms with Crippen molar-refractivity contribution in [2.45, 2.75) is 45.7 Å². The molecular formula is C23H31Cl2N5. The Kier molecular flexibility index (Phi) is 8.79. The molecule has 1 aromatic carbocycles. The van der Waals surface area contributed by atoms with Gasteiger partial charge in [-0.3, -0.25) is 14.9 Å². The summed E-state index contributed by atoms with van der Waals surface area (Å²) in [6.07, 6.45) is 6.87. The normalized spacial score (nSPS) is 15.9. The Morgan fingerprint density at radius 1 is 1.20 bits per heavy atom. The molecule has 0 saturated carbocycles. The van der Waals surface area contributed by atoms with Crippen LogP contribution < -0.4 is 10.6 Å². The monoisotopic (exact) mass is 447 g/mol. The average Bonchev–Trinajstić information content (AvgIpc) is 2.74. The molecule has 1 aliphatic rings. The summed E-state index contributed by atoms with van der Waals surface area (Å²) in [7, 11) is 0. The fourth-order valence-corrected chi connectivity index (χ4v) is 4.04. The maximum Gasteiger partial charge on any atom is 0.191 e. The number of rotatable bonds is 7. The molecule has 30 heavy (non-hydrogen) atoms. The summed E-state index contributed by atoms with van der Waals surface area (Å²) < 4.78 is 0. The van der Waals surface area contributed by atoms with E-state index in [-0.39, 0.29) is 0 Å². The lowest BCUT2D eigenvalue weighted by Gasteiger charge is -2.33. The summed E-state index contributed by atoms with van der Waals surface area (Å²) in [6.45, 7) is 8.82. The highest BCUT2D eigenvalue weighted by Gasteiger charge is 2.20. The maximum atomic E-state index is 6.15. The molecule has 5 nitrogen and oxygen atoms in total. The van der Waals surface area contributed by atoms with Crippen LogP contribution in [0.2, 0.25) is 10.0 Å². The smallest absolute Gasteiger partial charge is 0.191 e. The molecule has 0 radical (unpaired) electrons. The Morgan fingerprint density at radius 3 is 2.70 bits per heavy atom. The molecule has 2 aromatic rings. The number of nitrogens with zero attached hydrogens (tertiary/aromatic N) is 3. The summed E-state index contributed by atoms with van der Waals surface area (Å²) in [6, 6.07) is 8.42. The lowest BCUT2D eigenvalue weighted by atomic mass is 10.0. The van der Waals surface area contributed by atoms with Crippen molar-refractivity contribution < 1.29 is 0 Å². The van der Waals surface area contributed by atoms with E-state index in [2.05, 4.69) is 46.5 Å². The first-order valence-electron chi connectivity index (χ1n) is 10.7. The van der Waals surface area contributed by atoms with Crippen LogP contribution in [0, 0.1) is 6.92 Å². The largest absolute Gasteiger partial charge is 0.357 e. The van der Waals surface area contributed by atoms with Crippen LogP contribution in [0.15, 0.2) is 41.7 Å². The van der Waals surface area contributed by atoms with Gasteiger partial charge in [0, 0.05) is 51.2 Å². The Bertz CT molecular complexity index is 847. The molecule has 1 aliphatic heterocycles. The molecule has 0 amide bonds. The molecule has 1 aromatic heterocycles. The van der Waals surface area contributed by atoms with Crippen LogP contribution in [0.4, 0.5) is 0 Å². The number of piperidine rings is 1. The zero-order chi connectivity index (χ0) is 21.3. The Hall–Kier alpha value is -1.82. The van der Waals surface area contributed by atoms with Crippen molar-refractivity contribution in [3.63, 3.8) is 0 Å². The number of guanidine groups is 1. The SMILES string of the molecule is CCNC(=NCCc1ccncc1C)NC1CCN(Cc2ccc(Cl)c(Cl)c2)CC1. The molecule has 3 rings (SSSR count). The third-order valence-electron chi connectivity index (χ3n) is 5.45. The third-order valence-corrected chi connectivity index (χ3v) is 6.19. The van der Waals surface area contributed by atoms with E-state index in [1.165, 1.54) is 16.7 Å². The van der Waals surface area contributed by atoms with Crippen LogP contribution in [-0.2, 0) is 13.0 Å². The van der Waals surface area contributed by atoms with Gasteiger partial charge in [0.15, 0.2) is 5.96 Å². The second-order valence-corrected chi connectivity index (χ2v) is 8.57. The maximum absolute atomic E-state index is 6.15. The van der Waals surface area contributed by atoms with E-state index in [4.69, 9.17) is 28.2 Å². The summed E-state index contributed by atoms with van der Waals surface area (Å²) in [5, 5.41) is 8.23. The van der Waals surface area contributed by atoms with E-state index < -0.39 is 0 Å². The van der Waals surface area contributed by atoms with Crippen molar-refractivity contribution in [1.29, 1.82) is 0 Å². The van der Waals surface area contributed by atoms with Crippen molar-refractivity contribution >= 4 is 29.2 Å². The number of aromatic nitrogens is 1. The zero-order valence-electron chi connectivity index (χ0n) is 17.8. The fraction of sp³-hybridized carbons (Fsp3) is 0.478. The number of aryl methyl sites for hydroxylation is 1. The van der Waals surface area contributed by atoms with E-state index in [0.29, 0.717) is 16.1 Å². The van der Waals surface area contributed by atoms with Gasteiger partial charge in [0.25, 0.3) is 0 Å². The highest BCUT2D eigenvalue weighted by atomic mass is 35.5. The molecule has 1 fully saturated rings. The molecule has 0 atom stereocenters. The van der Waals surface area contributed by atoms with Gasteiger partial charge >= 0.3 is 0 Å². The predicted octanol–water partition coefficient (Wildman–Crippen LogP) is 4.46. The molecule has 0 unspecified atom stereocenters. The Morgan fingerprint density at radius 2 is 2.00 bits per heavy atom. The number of pyridine rings is 1. The Balaban J connectivity index is 1.47. The number of nitrogens with one attached hydrogen (secondary N) is 2. The van der Waals surface area contributed by atoms with E-state index in [0.717, 1.165) is 57.9 Å². The molecule has 1 saturated heterocycles. The molecular weight excluding hydrogens is 417 g/mol. The highest BCUT2D eigenvalue weighted by Crippen LogP contribution is 2.24. The quantitative estimate of drug-likeness (QED) is 0.485. The topological polar surface area (TPSA) is 52.6 Å². The number of benzene rings is 1. The molecule has 7 heteroatoms. The van der Waals surface area contributed by atoms with Crippen LogP contribution in [0.3, 0.4) is 0 Å². The van der Waals surface area contributed by atoms with Gasteiger partial charge in [0.1, 0.15) is 0 Å². The van der Waals surface area contributed by atoms with Crippen molar-refractivity contribution in [3.8, 4) is 0 Å². The minimum absolute atomic E-state index is 0.440. The summed E-state index contributed by atoms with van der Waals surface area (Å²) in [5.41, 5.74) is 3.73. The molecule has 162 valence electrons. The van der Waals surface area contributed by atoms with Gasteiger partial charge in [-0.1, -0.05) is 29.3 Å². The fourth-order valence-electron chi connectivity index (χ4n) is 3.72. The first-order chi connectivity index (χ1) is 14.5. The van der Waals surface area contributed by atoms with Crippen molar-refractivity contribution in [3.05, 3.63) is 63.4 Å². The first kappa shape index (κ1) is 22.9. The summed E-state index contributed by atoms with van der Waals surface area (Å²) in [4.78, 5) is 11.4. The minimum Gasteiger partial charge on any atom is -0.357 e. The van der Waals surface area contributed by atoms with E-state index in [1.54, 1.807) is 0 Å². The van der Waals surface area contributed by atoms with E-state index >= 15 is 0 Å². The lowest BCUT2D eigenvalue weighted by Crippen LogP contribution is -2.48. The molecule has 0 bridgehead atoms. The zero-order valence-corrected chi connectivity index (χ0v) is 19.3. The average molecular weight is 448 g/mol. The summed E-state index contributed by atoms with van der Waals surface area (Å²) in [5.74, 6) is 0.909. The summed E-state index contributed by atoms with van der Waals surface area (Å²) >= 11 is 12.2. The van der Waals surface area contributed by atoms with Gasteiger partial charge in [-0.2, -0.15) is 0 Å². The van der Waals surface area contributed by atoms with Crippen LogP contribution in [0.1, 0.15) is 36.5 Å². The first-order valence-corrected chi connectivity index (χ1v) is 11.4. The van der Waals surface area contributed by atoms with Crippen molar-refractivity contribution in [2.75, 3.05) is 26.2 Å². The van der Waals surface area contributed by atoms with Crippen LogP contribution >= 0.6 is 23.2 Å². The van der Waals surface area contributed by atoms with Gasteiger partial charge in [0.05, 0.1) is 10.0 Å². The molecule has 0 spiro atoms. The van der Waals surface area contributed by atoms with Gasteiger partial charge in [-0.15, -0.1) is 0 Å². The van der Waals surface area contributed by atoms with Crippen LogP contribution in [0.5, 0.6) is 0 Å². The van der Waals surface area contributed by atoms with Crippen LogP contribution in [-0.4, -0.2) is 48.1 Å². The predicted molar refractivity (Wildman–Crippen MR) is 127 cm³/mol. The van der Waals surface area contributed by atoms with E-state index in [1.807, 2.05) is 24.5 Å². The van der Waals surface area contributed by atoms with Crippen LogP contribution in [0.25, 0.3) is 0 Å². The van der Waals surface area contributed by atoms with Crippen molar-refractivity contribution in [1.82, 2.24) is 20.5 Å². The number of hydrogen-bond acceptors (Lipinski definition) is 3. The molecule has 2 N–H and O–H groups in total. The number of aliphatic imine (C=N–C) groups is 1. The van der Waals surface area contributed by atoms with Gasteiger partial charge in [-0.25, -0.2) is 0 Å². The standard InChI is InChI=1S/C23H31Cl2N5/c1-3-27-23(28-11-7-19-6-10-26-15-17(19)2)29-20-8-12-30(13-9-20)16-18-4-5-21(24)22(25)14-18/h4-6,10,14-15,20H,3,7-9,11-13,16H2,1-2H3,(H2,27,28,29). The Labute approximate surface area is 189 Å². The minimum atomic E-state index is 0.440. The molecule has 0 aliphatic carbocycles. The third kappa shape index (κ3) is 6.86. The second kappa shape index (κ2) is 11.5. The van der Waals surface area contributed by atoms with Gasteiger partial charge in [0.2, 0.25) is 0 Å². The molecule has 2 heterocycles. The van der Waals surface area contributed by atoms with Gasteiger partial charge < -0.3 is 10.6 Å². The number of likely N-dealkylation sites (tertiary alicyclic amines) is 1. The highest BCUT2D eigenvalue weighted by molar-refractivity contribution is 6.42. The second-order valence-electron chi connectivity index (χ2n) is 7.76. The number of hydrogen-bond donors (Lipinski definition) is 2. The van der Waals surface area contributed by atoms with E-state index in [9.17, 15) is 0 Å². The lowest BCUT2D eigenvalue weighted by molar-refractivity contribution is 0.198. The van der Waals surface area contributed by atoms with Gasteiger partial charge in [-0.05, 0) is 68.0 Å². The van der Waals surface area contributed by atoms with Crippen molar-refractivity contribution in [2.24, 2.45) is 4.99 Å². The number of halogens is 2.